The van der Waals surface area contributed by atoms with Crippen LogP contribution in [0, 0.1) is 12.8 Å². The molecule has 12 heteroatoms. The maximum atomic E-state index is 13.4. The number of sulfonamides is 1. The number of hydrogen-bond acceptors (Lipinski definition) is 8. The van der Waals surface area contributed by atoms with E-state index >= 15 is 0 Å². The average molecular weight is 548 g/mol. The van der Waals surface area contributed by atoms with Crippen LogP contribution in [-0.4, -0.2) is 65.0 Å². The van der Waals surface area contributed by atoms with Crippen LogP contribution in [0.25, 0.3) is 0 Å². The first-order valence-electron chi connectivity index (χ1n) is 12.6. The molecule has 1 aliphatic carbocycles. The summed E-state index contributed by atoms with van der Waals surface area (Å²) in [6.07, 6.45) is 6.75. The van der Waals surface area contributed by atoms with Crippen molar-refractivity contribution in [2.45, 2.75) is 81.9 Å². The minimum atomic E-state index is -3.97. The van der Waals surface area contributed by atoms with Crippen molar-refractivity contribution in [3.8, 4) is 0 Å². The molecule has 200 valence electrons. The molecule has 2 aromatic heterocycles. The summed E-state index contributed by atoms with van der Waals surface area (Å²) in [6, 6.07) is 2.51. The van der Waals surface area contributed by atoms with Crippen LogP contribution < -0.4 is 10.6 Å². The summed E-state index contributed by atoms with van der Waals surface area (Å²) in [7, 11) is -3.97. The number of carbonyl (C=O) groups is 3. The number of nitrogens with one attached hydrogen (secondary N) is 2. The van der Waals surface area contributed by atoms with E-state index in [0.717, 1.165) is 35.0 Å². The number of ketones is 1. The molecule has 2 aromatic rings. The molecule has 3 heterocycles. The van der Waals surface area contributed by atoms with Gasteiger partial charge in [-0.15, -0.1) is 11.3 Å². The SMILES string of the molecule is Cc1nc(C(=O)N[C@H](CC2CCCC2)C(=O)N[C@H]2CC[C@@H](C)N(S(=O)(=O)c3ccccn3)CC2=O)cs1. The Morgan fingerprint density at radius 1 is 1.19 bits per heavy atom. The number of hydrogen-bond donors (Lipinski definition) is 2. The molecule has 0 aromatic carbocycles. The Kier molecular flexibility index (Phi) is 8.71. The summed E-state index contributed by atoms with van der Waals surface area (Å²) in [6.45, 7) is 3.19. The zero-order valence-electron chi connectivity index (χ0n) is 21.1. The summed E-state index contributed by atoms with van der Waals surface area (Å²) in [5.41, 5.74) is 0.265. The molecule has 3 atom stereocenters. The van der Waals surface area contributed by atoms with Crippen molar-refractivity contribution in [1.29, 1.82) is 0 Å². The Bertz CT molecular complexity index is 1230. The quantitative estimate of drug-likeness (QED) is 0.518. The van der Waals surface area contributed by atoms with Gasteiger partial charge in [0.15, 0.2) is 10.8 Å². The third kappa shape index (κ3) is 6.60. The van der Waals surface area contributed by atoms with Crippen LogP contribution in [0.15, 0.2) is 34.8 Å². The number of thiazole rings is 1. The average Bonchev–Trinajstić information content (AvgIpc) is 3.53. The predicted octanol–water partition coefficient (Wildman–Crippen LogP) is 2.45. The van der Waals surface area contributed by atoms with Gasteiger partial charge in [-0.1, -0.05) is 31.7 Å². The molecule has 10 nitrogen and oxygen atoms in total. The van der Waals surface area contributed by atoms with E-state index in [9.17, 15) is 22.8 Å². The fourth-order valence-electron chi connectivity index (χ4n) is 5.01. The molecular weight excluding hydrogens is 514 g/mol. The molecule has 1 aliphatic heterocycles. The number of aryl methyl sites for hydroxylation is 1. The number of nitrogens with zero attached hydrogens (tertiary/aromatic N) is 3. The molecule has 2 aliphatic rings. The van der Waals surface area contributed by atoms with E-state index in [1.54, 1.807) is 31.4 Å². The first kappa shape index (κ1) is 27.3. The molecule has 0 spiro atoms. The summed E-state index contributed by atoms with van der Waals surface area (Å²) in [5, 5.41) is 7.94. The number of aromatic nitrogens is 2. The van der Waals surface area contributed by atoms with E-state index in [-0.39, 0.29) is 17.3 Å². The predicted molar refractivity (Wildman–Crippen MR) is 138 cm³/mol. The summed E-state index contributed by atoms with van der Waals surface area (Å²) < 4.78 is 27.5. The van der Waals surface area contributed by atoms with Crippen LogP contribution >= 0.6 is 11.3 Å². The molecule has 2 amide bonds. The minimum Gasteiger partial charge on any atom is -0.344 e. The fraction of sp³-hybridized carbons (Fsp3) is 0.560. The lowest BCUT2D eigenvalue weighted by Gasteiger charge is -2.25. The van der Waals surface area contributed by atoms with Gasteiger partial charge < -0.3 is 10.6 Å². The van der Waals surface area contributed by atoms with Gasteiger partial charge in [-0.05, 0) is 51.2 Å². The second kappa shape index (κ2) is 11.8. The molecule has 0 bridgehead atoms. The first-order valence-corrected chi connectivity index (χ1v) is 15.0. The Morgan fingerprint density at radius 2 is 1.95 bits per heavy atom. The van der Waals surface area contributed by atoms with Crippen LogP contribution in [-0.2, 0) is 19.6 Å². The molecule has 2 fully saturated rings. The zero-order chi connectivity index (χ0) is 26.6. The van der Waals surface area contributed by atoms with E-state index in [2.05, 4.69) is 20.6 Å². The van der Waals surface area contributed by atoms with E-state index in [4.69, 9.17) is 0 Å². The van der Waals surface area contributed by atoms with Crippen molar-refractivity contribution in [1.82, 2.24) is 24.9 Å². The molecule has 0 radical (unpaired) electrons. The lowest BCUT2D eigenvalue weighted by Crippen LogP contribution is -2.53. The van der Waals surface area contributed by atoms with Gasteiger partial charge >= 0.3 is 0 Å². The van der Waals surface area contributed by atoms with Crippen LogP contribution in [0.1, 0.15) is 67.4 Å². The van der Waals surface area contributed by atoms with E-state index in [0.29, 0.717) is 25.2 Å². The Balaban J connectivity index is 1.46. The Hall–Kier alpha value is -2.70. The maximum absolute atomic E-state index is 13.4. The topological polar surface area (TPSA) is 138 Å². The number of rotatable bonds is 8. The van der Waals surface area contributed by atoms with E-state index < -0.39 is 45.7 Å². The lowest BCUT2D eigenvalue weighted by molar-refractivity contribution is -0.129. The van der Waals surface area contributed by atoms with Crippen LogP contribution in [0.2, 0.25) is 0 Å². The molecule has 4 rings (SSSR count). The van der Waals surface area contributed by atoms with Crippen molar-refractivity contribution in [2.24, 2.45) is 5.92 Å². The van der Waals surface area contributed by atoms with Crippen molar-refractivity contribution >= 4 is 39.0 Å². The molecule has 1 saturated carbocycles. The number of pyridine rings is 1. The number of carbonyl (C=O) groups excluding carboxylic acids is 3. The van der Waals surface area contributed by atoms with Crippen LogP contribution in [0.3, 0.4) is 0 Å². The zero-order valence-corrected chi connectivity index (χ0v) is 22.7. The highest BCUT2D eigenvalue weighted by molar-refractivity contribution is 7.89. The van der Waals surface area contributed by atoms with Crippen LogP contribution in [0.4, 0.5) is 0 Å². The van der Waals surface area contributed by atoms with Crippen LogP contribution in [0.5, 0.6) is 0 Å². The summed E-state index contributed by atoms with van der Waals surface area (Å²) >= 11 is 1.36. The first-order chi connectivity index (χ1) is 17.6. The maximum Gasteiger partial charge on any atom is 0.271 e. The van der Waals surface area contributed by atoms with Gasteiger partial charge in [0.05, 0.1) is 17.6 Å². The van der Waals surface area contributed by atoms with Gasteiger partial charge in [0.25, 0.3) is 15.9 Å². The number of Topliss-reactive ketones (excluding diaryl/α,β-unsaturated/α-hetero) is 1. The normalized spacial score (nSPS) is 22.4. The Morgan fingerprint density at radius 3 is 2.59 bits per heavy atom. The second-order valence-corrected chi connectivity index (χ2v) is 12.7. The summed E-state index contributed by atoms with van der Waals surface area (Å²) in [5.74, 6) is -0.925. The highest BCUT2D eigenvalue weighted by Gasteiger charge is 2.38. The van der Waals surface area contributed by atoms with Crippen molar-refractivity contribution in [2.75, 3.05) is 6.54 Å². The number of amides is 2. The van der Waals surface area contributed by atoms with Crippen molar-refractivity contribution < 1.29 is 22.8 Å². The van der Waals surface area contributed by atoms with Gasteiger partial charge in [-0.2, -0.15) is 4.31 Å². The Labute approximate surface area is 221 Å². The molecule has 0 unspecified atom stereocenters. The highest BCUT2D eigenvalue weighted by atomic mass is 32.2. The van der Waals surface area contributed by atoms with Crippen molar-refractivity contribution in [3.63, 3.8) is 0 Å². The summed E-state index contributed by atoms with van der Waals surface area (Å²) in [4.78, 5) is 47.5. The molecule has 2 N–H and O–H groups in total. The van der Waals surface area contributed by atoms with Gasteiger partial charge in [0.2, 0.25) is 5.91 Å². The largest absolute Gasteiger partial charge is 0.344 e. The van der Waals surface area contributed by atoms with E-state index in [1.165, 1.54) is 23.6 Å². The standard InChI is InChI=1S/C25H33N5O5S2/c1-16-10-11-19(22(31)14-30(16)37(34,35)23-9-5-6-12-26-23)28-24(32)20(13-18-7-3-4-8-18)29-25(33)21-15-36-17(2)27-21/h5-6,9,12,15-16,18-20H,3-4,7-8,10-11,13-14H2,1-2H3,(H,28,32)(H,29,33)/t16-,19+,20-/m1/s1. The third-order valence-electron chi connectivity index (χ3n) is 7.11. The minimum absolute atomic E-state index is 0.117. The smallest absolute Gasteiger partial charge is 0.271 e. The lowest BCUT2D eigenvalue weighted by atomic mass is 9.97. The van der Waals surface area contributed by atoms with Gasteiger partial charge in [-0.3, -0.25) is 14.4 Å². The molecule has 37 heavy (non-hydrogen) atoms. The second-order valence-electron chi connectivity index (χ2n) is 9.84. The third-order valence-corrected chi connectivity index (χ3v) is 9.76. The van der Waals surface area contributed by atoms with Gasteiger partial charge in [0, 0.05) is 17.6 Å². The molecule has 1 saturated heterocycles. The van der Waals surface area contributed by atoms with E-state index in [1.807, 2.05) is 0 Å². The monoisotopic (exact) mass is 547 g/mol. The van der Waals surface area contributed by atoms with Gasteiger partial charge in [0.1, 0.15) is 11.7 Å². The van der Waals surface area contributed by atoms with Crippen molar-refractivity contribution in [3.05, 3.63) is 40.5 Å². The fourth-order valence-corrected chi connectivity index (χ4v) is 7.16. The molecular formula is C25H33N5O5S2. The highest BCUT2D eigenvalue weighted by Crippen LogP contribution is 2.29. The van der Waals surface area contributed by atoms with Gasteiger partial charge in [-0.25, -0.2) is 18.4 Å².